The van der Waals surface area contributed by atoms with Crippen LogP contribution in [-0.4, -0.2) is 16.3 Å². The van der Waals surface area contributed by atoms with Crippen molar-refractivity contribution in [3.8, 4) is 17.7 Å². The van der Waals surface area contributed by atoms with E-state index in [0.717, 1.165) is 48.3 Å². The summed E-state index contributed by atoms with van der Waals surface area (Å²) < 4.78 is 11.7. The van der Waals surface area contributed by atoms with E-state index in [1.807, 2.05) is 24.3 Å². The van der Waals surface area contributed by atoms with Crippen LogP contribution in [0.5, 0.6) is 11.6 Å². The summed E-state index contributed by atoms with van der Waals surface area (Å²) in [4.78, 5) is 0. The molecule has 0 spiro atoms. The Hall–Kier alpha value is -2.94. The number of nitriles is 1. The Balaban J connectivity index is 1.68. The Morgan fingerprint density at radius 3 is 2.70 bits per heavy atom. The normalized spacial score (nSPS) is 19.5. The first kappa shape index (κ1) is 17.5. The van der Waals surface area contributed by atoms with E-state index in [1.165, 1.54) is 12.8 Å². The standard InChI is InChI=1S/C21H24N4O2/c1-2-5-17-19-18(16(12-22)20(23)27-21(19)25-24-17)13-8-10-15(11-9-13)26-14-6-3-4-7-14/h8-11,14,18H,2-7,23H2,1H3,(H,24,25)/t18-/m0/s1. The molecule has 2 heterocycles. The number of hydrogen-bond acceptors (Lipinski definition) is 5. The second-order valence-corrected chi connectivity index (χ2v) is 7.19. The number of aryl methyl sites for hydroxylation is 1. The molecule has 6 nitrogen and oxygen atoms in total. The molecule has 1 saturated carbocycles. The third kappa shape index (κ3) is 3.25. The Kier molecular flexibility index (Phi) is 4.76. The maximum atomic E-state index is 9.70. The quantitative estimate of drug-likeness (QED) is 0.838. The van der Waals surface area contributed by atoms with E-state index in [-0.39, 0.29) is 11.8 Å². The average molecular weight is 364 g/mol. The lowest BCUT2D eigenvalue weighted by Crippen LogP contribution is -2.21. The van der Waals surface area contributed by atoms with Crippen molar-refractivity contribution in [3.05, 3.63) is 52.5 Å². The smallest absolute Gasteiger partial charge is 0.244 e. The number of nitrogens with one attached hydrogen (secondary N) is 1. The van der Waals surface area contributed by atoms with Gasteiger partial charge in [0.25, 0.3) is 0 Å². The molecule has 0 bridgehead atoms. The molecule has 0 unspecified atom stereocenters. The predicted octanol–water partition coefficient (Wildman–Crippen LogP) is 3.90. The molecule has 1 aromatic carbocycles. The van der Waals surface area contributed by atoms with Gasteiger partial charge in [-0.1, -0.05) is 25.5 Å². The monoisotopic (exact) mass is 364 g/mol. The van der Waals surface area contributed by atoms with Gasteiger partial charge in [0.2, 0.25) is 11.8 Å². The zero-order chi connectivity index (χ0) is 18.8. The van der Waals surface area contributed by atoms with Crippen LogP contribution in [0.3, 0.4) is 0 Å². The summed E-state index contributed by atoms with van der Waals surface area (Å²) >= 11 is 0. The number of nitrogens with zero attached hydrogens (tertiary/aromatic N) is 2. The Bertz CT molecular complexity index is 886. The molecule has 1 atom stereocenters. The second kappa shape index (κ2) is 7.36. The average Bonchev–Trinajstić information content (AvgIpc) is 3.32. The van der Waals surface area contributed by atoms with Crippen molar-refractivity contribution in [1.29, 1.82) is 5.26 Å². The third-order valence-electron chi connectivity index (χ3n) is 5.34. The van der Waals surface area contributed by atoms with Crippen molar-refractivity contribution in [1.82, 2.24) is 10.2 Å². The SMILES string of the molecule is CCCc1[nH]nc2c1[C@@H](c1ccc(OC3CCCC3)cc1)C(C#N)=C(N)O2. The van der Waals surface area contributed by atoms with E-state index in [1.54, 1.807) is 0 Å². The highest BCUT2D eigenvalue weighted by Gasteiger charge is 2.34. The van der Waals surface area contributed by atoms with E-state index < -0.39 is 0 Å². The Morgan fingerprint density at radius 1 is 1.30 bits per heavy atom. The summed E-state index contributed by atoms with van der Waals surface area (Å²) in [5, 5.41) is 17.0. The van der Waals surface area contributed by atoms with E-state index in [0.29, 0.717) is 17.6 Å². The molecular weight excluding hydrogens is 340 g/mol. The predicted molar refractivity (Wildman–Crippen MR) is 101 cm³/mol. The number of hydrogen-bond donors (Lipinski definition) is 2. The molecule has 4 rings (SSSR count). The molecule has 1 aliphatic carbocycles. The molecule has 1 aromatic heterocycles. The number of H-pyrrole nitrogens is 1. The molecule has 2 aromatic rings. The van der Waals surface area contributed by atoms with Crippen molar-refractivity contribution < 1.29 is 9.47 Å². The number of fused-ring (bicyclic) bond motifs is 1. The number of rotatable bonds is 5. The molecular formula is C21H24N4O2. The Labute approximate surface area is 159 Å². The van der Waals surface area contributed by atoms with Gasteiger partial charge in [-0.3, -0.25) is 5.10 Å². The van der Waals surface area contributed by atoms with Gasteiger partial charge in [0.05, 0.1) is 12.0 Å². The van der Waals surface area contributed by atoms with Crippen molar-refractivity contribution in [2.45, 2.75) is 57.5 Å². The highest BCUT2D eigenvalue weighted by molar-refractivity contribution is 5.55. The molecule has 1 aliphatic heterocycles. The number of allylic oxidation sites excluding steroid dienone is 1. The van der Waals surface area contributed by atoms with Crippen LogP contribution in [0, 0.1) is 11.3 Å². The number of aromatic amines is 1. The topological polar surface area (TPSA) is 97.0 Å². The van der Waals surface area contributed by atoms with Gasteiger partial charge in [0.15, 0.2) is 0 Å². The lowest BCUT2D eigenvalue weighted by molar-refractivity contribution is 0.210. The van der Waals surface area contributed by atoms with Crippen molar-refractivity contribution >= 4 is 0 Å². The highest BCUT2D eigenvalue weighted by atomic mass is 16.5. The fourth-order valence-corrected chi connectivity index (χ4v) is 4.02. The van der Waals surface area contributed by atoms with Crippen LogP contribution in [0.15, 0.2) is 35.7 Å². The molecule has 27 heavy (non-hydrogen) atoms. The van der Waals surface area contributed by atoms with Crippen LogP contribution in [0.4, 0.5) is 0 Å². The van der Waals surface area contributed by atoms with Crippen LogP contribution >= 0.6 is 0 Å². The summed E-state index contributed by atoms with van der Waals surface area (Å²) in [6, 6.07) is 10.2. The van der Waals surface area contributed by atoms with Crippen molar-refractivity contribution in [3.63, 3.8) is 0 Å². The van der Waals surface area contributed by atoms with E-state index in [9.17, 15) is 5.26 Å². The minimum absolute atomic E-state index is 0.121. The number of ether oxygens (including phenoxy) is 2. The van der Waals surface area contributed by atoms with Gasteiger partial charge in [-0.25, -0.2) is 0 Å². The summed E-state index contributed by atoms with van der Waals surface area (Å²) in [6.07, 6.45) is 6.85. The summed E-state index contributed by atoms with van der Waals surface area (Å²) in [5.41, 5.74) is 9.31. The molecule has 140 valence electrons. The van der Waals surface area contributed by atoms with Gasteiger partial charge >= 0.3 is 0 Å². The fourth-order valence-electron chi connectivity index (χ4n) is 4.02. The molecule has 0 amide bonds. The van der Waals surface area contributed by atoms with Gasteiger partial charge < -0.3 is 15.2 Å². The lowest BCUT2D eigenvalue weighted by Gasteiger charge is -2.24. The molecule has 3 N–H and O–H groups in total. The molecule has 0 radical (unpaired) electrons. The van der Waals surface area contributed by atoms with E-state index in [2.05, 4.69) is 23.2 Å². The van der Waals surface area contributed by atoms with Crippen LogP contribution in [-0.2, 0) is 6.42 Å². The van der Waals surface area contributed by atoms with Gasteiger partial charge in [0.1, 0.15) is 17.4 Å². The maximum Gasteiger partial charge on any atom is 0.244 e. The minimum atomic E-state index is -0.278. The van der Waals surface area contributed by atoms with Gasteiger partial charge in [-0.05, 0) is 49.8 Å². The van der Waals surface area contributed by atoms with Gasteiger partial charge in [0, 0.05) is 11.3 Å². The molecule has 6 heteroatoms. The first-order valence-corrected chi connectivity index (χ1v) is 9.62. The van der Waals surface area contributed by atoms with Gasteiger partial charge in [-0.2, -0.15) is 5.26 Å². The number of aromatic nitrogens is 2. The maximum absolute atomic E-state index is 9.70. The molecule has 1 fully saturated rings. The minimum Gasteiger partial charge on any atom is -0.490 e. The number of benzene rings is 1. The van der Waals surface area contributed by atoms with Crippen LogP contribution in [0.1, 0.15) is 61.8 Å². The van der Waals surface area contributed by atoms with Crippen LogP contribution < -0.4 is 15.2 Å². The van der Waals surface area contributed by atoms with Crippen molar-refractivity contribution in [2.75, 3.05) is 0 Å². The summed E-state index contributed by atoms with van der Waals surface area (Å²) in [6.45, 7) is 2.11. The van der Waals surface area contributed by atoms with Crippen LogP contribution in [0.25, 0.3) is 0 Å². The third-order valence-corrected chi connectivity index (χ3v) is 5.34. The second-order valence-electron chi connectivity index (χ2n) is 7.19. The summed E-state index contributed by atoms with van der Waals surface area (Å²) in [7, 11) is 0. The van der Waals surface area contributed by atoms with E-state index >= 15 is 0 Å². The lowest BCUT2D eigenvalue weighted by atomic mass is 9.83. The zero-order valence-electron chi connectivity index (χ0n) is 15.5. The largest absolute Gasteiger partial charge is 0.490 e. The molecule has 0 saturated heterocycles. The first-order valence-electron chi connectivity index (χ1n) is 9.62. The highest BCUT2D eigenvalue weighted by Crippen LogP contribution is 2.43. The molecule has 2 aliphatic rings. The fraction of sp³-hybridized carbons (Fsp3) is 0.429. The van der Waals surface area contributed by atoms with E-state index in [4.69, 9.17) is 15.2 Å². The van der Waals surface area contributed by atoms with Crippen molar-refractivity contribution in [2.24, 2.45) is 5.73 Å². The summed E-state index contributed by atoms with van der Waals surface area (Å²) in [5.74, 6) is 1.18. The van der Waals surface area contributed by atoms with Gasteiger partial charge in [-0.15, -0.1) is 5.10 Å². The Morgan fingerprint density at radius 2 is 2.04 bits per heavy atom. The van der Waals surface area contributed by atoms with Crippen LogP contribution in [0.2, 0.25) is 0 Å². The number of nitrogens with two attached hydrogens (primary N) is 1. The first-order chi connectivity index (χ1) is 13.2. The zero-order valence-corrected chi connectivity index (χ0v) is 15.5.